The van der Waals surface area contributed by atoms with E-state index in [1.165, 1.54) is 7.05 Å². The highest BCUT2D eigenvalue weighted by molar-refractivity contribution is 7.89. The molecular formula is C10H14ClN3O2S2. The summed E-state index contributed by atoms with van der Waals surface area (Å²) in [7, 11) is -1.87. The van der Waals surface area contributed by atoms with Crippen LogP contribution in [0, 0.1) is 0 Å². The smallest absolute Gasteiger partial charge is 0.213 e. The summed E-state index contributed by atoms with van der Waals surface area (Å²) in [4.78, 5) is 0.166. The molecule has 18 heavy (non-hydrogen) atoms. The number of halogens is 1. The number of thiocarbonyl (C=S) groups is 1. The maximum atomic E-state index is 11.2. The average Bonchev–Trinajstić information content (AvgIpc) is 2.28. The molecule has 0 saturated carbocycles. The minimum Gasteiger partial charge on any atom is -0.389 e. The van der Waals surface area contributed by atoms with Gasteiger partial charge in [-0.25, -0.2) is 13.1 Å². The van der Waals surface area contributed by atoms with E-state index in [2.05, 4.69) is 10.0 Å². The predicted molar refractivity (Wildman–Crippen MR) is 78.7 cm³/mol. The third kappa shape index (κ3) is 4.09. The van der Waals surface area contributed by atoms with Gasteiger partial charge in [0.15, 0.2) is 0 Å². The molecule has 0 radical (unpaired) electrons. The summed E-state index contributed by atoms with van der Waals surface area (Å²) >= 11 is 10.9. The molecule has 0 bridgehead atoms. The summed E-state index contributed by atoms with van der Waals surface area (Å²) in [6, 6.07) is 5.15. The van der Waals surface area contributed by atoms with Crippen LogP contribution in [0.5, 0.6) is 0 Å². The van der Waals surface area contributed by atoms with E-state index in [1.807, 2.05) is 0 Å². The van der Waals surface area contributed by atoms with Crippen molar-refractivity contribution in [2.24, 2.45) is 5.73 Å². The van der Waals surface area contributed by atoms with Gasteiger partial charge in [-0.2, -0.15) is 0 Å². The number of sulfonamides is 1. The minimum atomic E-state index is -3.24. The fourth-order valence-electron chi connectivity index (χ4n) is 1.34. The lowest BCUT2D eigenvalue weighted by Gasteiger charge is -2.12. The molecule has 8 heteroatoms. The van der Waals surface area contributed by atoms with Crippen LogP contribution in [0.15, 0.2) is 18.2 Å². The quantitative estimate of drug-likeness (QED) is 0.681. The molecule has 1 aromatic carbocycles. The molecule has 0 atom stereocenters. The minimum absolute atomic E-state index is 0.0488. The van der Waals surface area contributed by atoms with Crippen LogP contribution in [0.1, 0.15) is 5.56 Å². The van der Waals surface area contributed by atoms with Gasteiger partial charge in [-0.1, -0.05) is 29.9 Å². The van der Waals surface area contributed by atoms with Crippen molar-refractivity contribution in [1.82, 2.24) is 4.72 Å². The number of rotatable bonds is 6. The number of nitrogens with two attached hydrogens (primary N) is 1. The highest BCUT2D eigenvalue weighted by atomic mass is 35.5. The zero-order chi connectivity index (χ0) is 13.8. The van der Waals surface area contributed by atoms with Crippen LogP contribution in [0.4, 0.5) is 5.69 Å². The number of nitrogens with one attached hydrogen (secondary N) is 2. The maximum absolute atomic E-state index is 11.2. The molecule has 1 aromatic rings. The van der Waals surface area contributed by atoms with E-state index in [-0.39, 0.29) is 17.3 Å². The first-order chi connectivity index (χ1) is 8.37. The summed E-state index contributed by atoms with van der Waals surface area (Å²) in [5.74, 6) is -0.0488. The molecule has 0 spiro atoms. The molecule has 5 nitrogen and oxygen atoms in total. The molecule has 0 fully saturated rings. The van der Waals surface area contributed by atoms with Crippen LogP contribution >= 0.6 is 23.8 Å². The Balaban J connectivity index is 2.80. The van der Waals surface area contributed by atoms with Crippen molar-refractivity contribution in [2.45, 2.75) is 0 Å². The van der Waals surface area contributed by atoms with Crippen LogP contribution in [0.3, 0.4) is 0 Å². The SMILES string of the molecule is CNS(=O)(=O)CCNc1cccc(Cl)c1C(N)=S. The van der Waals surface area contributed by atoms with E-state index >= 15 is 0 Å². The number of anilines is 1. The monoisotopic (exact) mass is 307 g/mol. The highest BCUT2D eigenvalue weighted by Gasteiger charge is 2.11. The van der Waals surface area contributed by atoms with Gasteiger partial charge in [-0.15, -0.1) is 0 Å². The van der Waals surface area contributed by atoms with Gasteiger partial charge in [-0.05, 0) is 19.2 Å². The summed E-state index contributed by atoms with van der Waals surface area (Å²) < 4.78 is 24.7. The summed E-state index contributed by atoms with van der Waals surface area (Å²) in [5.41, 5.74) is 6.73. The van der Waals surface area contributed by atoms with Gasteiger partial charge in [0.05, 0.1) is 16.3 Å². The molecule has 0 amide bonds. The summed E-state index contributed by atoms with van der Waals surface area (Å²) in [5, 5.41) is 3.39. The van der Waals surface area contributed by atoms with Gasteiger partial charge in [0.25, 0.3) is 0 Å². The van der Waals surface area contributed by atoms with Gasteiger partial charge in [0.1, 0.15) is 4.99 Å². The third-order valence-corrected chi connectivity index (χ3v) is 4.14. The zero-order valence-corrected chi connectivity index (χ0v) is 12.1. The number of hydrogen-bond acceptors (Lipinski definition) is 4. The molecule has 0 aliphatic rings. The Morgan fingerprint density at radius 3 is 2.72 bits per heavy atom. The first-order valence-electron chi connectivity index (χ1n) is 5.11. The van der Waals surface area contributed by atoms with Crippen molar-refractivity contribution in [2.75, 3.05) is 24.7 Å². The van der Waals surface area contributed by atoms with Gasteiger partial charge < -0.3 is 11.1 Å². The van der Waals surface area contributed by atoms with Crippen molar-refractivity contribution in [3.8, 4) is 0 Å². The van der Waals surface area contributed by atoms with Crippen molar-refractivity contribution in [3.05, 3.63) is 28.8 Å². The normalized spacial score (nSPS) is 11.2. The van der Waals surface area contributed by atoms with E-state index in [1.54, 1.807) is 18.2 Å². The Labute approximate surface area is 117 Å². The van der Waals surface area contributed by atoms with Gasteiger partial charge >= 0.3 is 0 Å². The molecule has 100 valence electrons. The molecule has 1 rings (SSSR count). The standard InChI is InChI=1S/C10H14ClN3O2S2/c1-13-18(15,16)6-5-14-8-4-2-3-7(11)9(8)10(12)17/h2-4,13-14H,5-6H2,1H3,(H2,12,17). The van der Waals surface area contributed by atoms with Crippen molar-refractivity contribution in [1.29, 1.82) is 0 Å². The van der Waals surface area contributed by atoms with Crippen molar-refractivity contribution >= 4 is 44.5 Å². The first-order valence-corrected chi connectivity index (χ1v) is 7.54. The average molecular weight is 308 g/mol. The highest BCUT2D eigenvalue weighted by Crippen LogP contribution is 2.23. The molecular weight excluding hydrogens is 294 g/mol. The van der Waals surface area contributed by atoms with Gasteiger partial charge in [-0.3, -0.25) is 0 Å². The Kier molecular flexibility index (Phi) is 5.33. The van der Waals surface area contributed by atoms with Gasteiger partial charge in [0, 0.05) is 12.2 Å². The maximum Gasteiger partial charge on any atom is 0.213 e. The largest absolute Gasteiger partial charge is 0.389 e. The van der Waals surface area contributed by atoms with Gasteiger partial charge in [0.2, 0.25) is 10.0 Å². The van der Waals surface area contributed by atoms with Crippen LogP contribution in [0.2, 0.25) is 5.02 Å². The lowest BCUT2D eigenvalue weighted by atomic mass is 10.1. The van der Waals surface area contributed by atoms with Crippen LogP contribution < -0.4 is 15.8 Å². The van der Waals surface area contributed by atoms with Crippen LogP contribution in [-0.4, -0.2) is 32.8 Å². The summed E-state index contributed by atoms with van der Waals surface area (Å²) in [6.07, 6.45) is 0. The second kappa shape index (κ2) is 6.33. The molecule has 0 heterocycles. The molecule has 0 saturated heterocycles. The van der Waals surface area contributed by atoms with E-state index in [9.17, 15) is 8.42 Å². The molecule has 4 N–H and O–H groups in total. The second-order valence-corrected chi connectivity index (χ2v) is 6.37. The number of benzene rings is 1. The van der Waals surface area contributed by atoms with Crippen LogP contribution in [0.25, 0.3) is 0 Å². The molecule has 0 unspecified atom stereocenters. The number of hydrogen-bond donors (Lipinski definition) is 3. The second-order valence-electron chi connectivity index (χ2n) is 3.48. The Hall–Kier alpha value is -0.890. The first kappa shape index (κ1) is 15.2. The molecule has 0 aliphatic heterocycles. The van der Waals surface area contributed by atoms with Crippen LogP contribution in [-0.2, 0) is 10.0 Å². The fourth-order valence-corrected chi connectivity index (χ4v) is 2.47. The van der Waals surface area contributed by atoms with E-state index < -0.39 is 10.0 Å². The van der Waals surface area contributed by atoms with Crippen molar-refractivity contribution < 1.29 is 8.42 Å². The lowest BCUT2D eigenvalue weighted by Crippen LogP contribution is -2.26. The Morgan fingerprint density at radius 1 is 1.50 bits per heavy atom. The fraction of sp³-hybridized carbons (Fsp3) is 0.300. The summed E-state index contributed by atoms with van der Waals surface area (Å²) in [6.45, 7) is 0.235. The topological polar surface area (TPSA) is 84.2 Å². The van der Waals surface area contributed by atoms with E-state index in [0.717, 1.165) is 0 Å². The van der Waals surface area contributed by atoms with E-state index in [0.29, 0.717) is 16.3 Å². The lowest BCUT2D eigenvalue weighted by molar-refractivity contribution is 0.588. The Bertz CT molecular complexity index is 546. The zero-order valence-electron chi connectivity index (χ0n) is 9.73. The van der Waals surface area contributed by atoms with E-state index in [4.69, 9.17) is 29.6 Å². The molecule has 0 aromatic heterocycles. The third-order valence-electron chi connectivity index (χ3n) is 2.26. The predicted octanol–water partition coefficient (Wildman–Crippen LogP) is 0.935. The Morgan fingerprint density at radius 2 is 2.17 bits per heavy atom. The molecule has 0 aliphatic carbocycles. The van der Waals surface area contributed by atoms with Crippen molar-refractivity contribution in [3.63, 3.8) is 0 Å².